The highest BCUT2D eigenvalue weighted by Gasteiger charge is 2.27. The molecule has 4 atom stereocenters. The second kappa shape index (κ2) is 18.5. The first kappa shape index (κ1) is 38.4. The number of nitrogens with zero attached hydrogens (tertiary/aromatic N) is 1. The summed E-state index contributed by atoms with van der Waals surface area (Å²) in [7, 11) is 1.58. The highest BCUT2D eigenvalue weighted by molar-refractivity contribution is 6.03. The molecule has 262 valence electrons. The number of amides is 5. The number of benzene rings is 3. The van der Waals surface area contributed by atoms with Crippen molar-refractivity contribution in [2.75, 3.05) is 25.0 Å². The van der Waals surface area contributed by atoms with Gasteiger partial charge in [0.05, 0.1) is 12.1 Å². The smallest absolute Gasteiger partial charge is 0.251 e. The lowest BCUT2D eigenvalue weighted by Gasteiger charge is -2.25. The van der Waals surface area contributed by atoms with E-state index in [1.807, 2.05) is 88.4 Å². The molecule has 0 aliphatic carbocycles. The zero-order chi connectivity index (χ0) is 36.1. The van der Waals surface area contributed by atoms with Gasteiger partial charge in [0.2, 0.25) is 17.7 Å². The van der Waals surface area contributed by atoms with Crippen molar-refractivity contribution < 1.29 is 24.0 Å². The molecule has 3 aromatic rings. The van der Waals surface area contributed by atoms with E-state index in [4.69, 9.17) is 0 Å². The SMILES string of the molecule is CCNC(=O)[C@@H](NC(=O)[C@H](C)NC[C@H](Cc1ccccc1)NC(=O)c1cc(C(=O)N[C@H](C)c2ccccc2)cc(N(C)C(C)=O)c1)C(C)C. The van der Waals surface area contributed by atoms with E-state index in [0.717, 1.165) is 11.1 Å². The van der Waals surface area contributed by atoms with Gasteiger partial charge in [-0.1, -0.05) is 74.5 Å². The molecule has 3 rings (SSSR count). The minimum atomic E-state index is -0.681. The molecule has 3 aromatic carbocycles. The highest BCUT2D eigenvalue weighted by atomic mass is 16.2. The van der Waals surface area contributed by atoms with Gasteiger partial charge in [0.1, 0.15) is 6.04 Å². The van der Waals surface area contributed by atoms with Crippen LogP contribution in [0.4, 0.5) is 5.69 Å². The quantitative estimate of drug-likeness (QED) is 0.157. The first-order valence-corrected chi connectivity index (χ1v) is 16.7. The third-order valence-corrected chi connectivity index (χ3v) is 8.27. The van der Waals surface area contributed by atoms with Gasteiger partial charge < -0.3 is 31.5 Å². The number of hydrogen-bond donors (Lipinski definition) is 5. The maximum absolute atomic E-state index is 13.8. The molecule has 0 radical (unpaired) electrons. The summed E-state index contributed by atoms with van der Waals surface area (Å²) in [6.45, 7) is 11.2. The zero-order valence-corrected chi connectivity index (χ0v) is 29.5. The number of nitrogens with one attached hydrogen (secondary N) is 5. The largest absolute Gasteiger partial charge is 0.355 e. The third kappa shape index (κ3) is 11.6. The molecule has 0 aliphatic rings. The van der Waals surface area contributed by atoms with Crippen LogP contribution in [0.1, 0.15) is 79.4 Å². The third-order valence-electron chi connectivity index (χ3n) is 8.27. The summed E-state index contributed by atoms with van der Waals surface area (Å²) in [5.41, 5.74) is 2.73. The van der Waals surface area contributed by atoms with Crippen LogP contribution >= 0.6 is 0 Å². The Labute approximate surface area is 289 Å². The normalized spacial score (nSPS) is 13.4. The van der Waals surface area contributed by atoms with E-state index in [2.05, 4.69) is 26.6 Å². The van der Waals surface area contributed by atoms with Gasteiger partial charge in [-0.15, -0.1) is 0 Å². The van der Waals surface area contributed by atoms with Crippen LogP contribution in [0.2, 0.25) is 0 Å². The Morgan fingerprint density at radius 1 is 0.735 bits per heavy atom. The Kier molecular flexibility index (Phi) is 14.5. The summed E-state index contributed by atoms with van der Waals surface area (Å²) in [6.07, 6.45) is 0.455. The number of likely N-dealkylation sites (N-methyl/N-ethyl adjacent to an activating group) is 1. The van der Waals surface area contributed by atoms with Crippen LogP contribution in [-0.4, -0.2) is 67.8 Å². The molecule has 0 unspecified atom stereocenters. The van der Waals surface area contributed by atoms with E-state index in [1.165, 1.54) is 17.9 Å². The second-order valence-corrected chi connectivity index (χ2v) is 12.6. The number of rotatable bonds is 16. The molecule has 0 heterocycles. The lowest BCUT2D eigenvalue weighted by Crippen LogP contribution is -2.55. The van der Waals surface area contributed by atoms with Crippen LogP contribution in [0.15, 0.2) is 78.9 Å². The van der Waals surface area contributed by atoms with Crippen molar-refractivity contribution in [2.45, 2.75) is 72.1 Å². The standard InChI is InChI=1S/C38H50N6O5/c1-8-39-38(49)34(24(2)3)43-35(46)26(5)40-23-32(19-28-15-11-9-12-16-28)42-37(48)31-20-30(21-33(22-31)44(7)27(6)45)36(47)41-25(4)29-17-13-10-14-18-29/h9-18,20-22,24-26,32,34,40H,8,19,23H2,1-7H3,(H,39,49)(H,41,47)(H,42,48)(H,43,46)/t25-,26+,32+,34+/m1/s1. The van der Waals surface area contributed by atoms with Gasteiger partial charge >= 0.3 is 0 Å². The maximum atomic E-state index is 13.8. The first-order chi connectivity index (χ1) is 23.3. The second-order valence-electron chi connectivity index (χ2n) is 12.6. The topological polar surface area (TPSA) is 149 Å². The van der Waals surface area contributed by atoms with E-state index in [9.17, 15) is 24.0 Å². The van der Waals surface area contributed by atoms with Crippen LogP contribution in [0.5, 0.6) is 0 Å². The Hall–Kier alpha value is -5.03. The van der Waals surface area contributed by atoms with Crippen molar-refractivity contribution in [3.63, 3.8) is 0 Å². The average Bonchev–Trinajstić information content (AvgIpc) is 3.09. The van der Waals surface area contributed by atoms with E-state index < -0.39 is 24.0 Å². The first-order valence-electron chi connectivity index (χ1n) is 16.7. The molecule has 11 heteroatoms. The predicted octanol–water partition coefficient (Wildman–Crippen LogP) is 3.76. The lowest BCUT2D eigenvalue weighted by molar-refractivity contribution is -0.130. The van der Waals surface area contributed by atoms with Crippen molar-refractivity contribution in [3.8, 4) is 0 Å². The number of hydrogen-bond acceptors (Lipinski definition) is 6. The molecule has 5 N–H and O–H groups in total. The summed E-state index contributed by atoms with van der Waals surface area (Å²) >= 11 is 0. The number of anilines is 1. The Morgan fingerprint density at radius 3 is 1.86 bits per heavy atom. The van der Waals surface area contributed by atoms with Gasteiger partial charge in [0.15, 0.2) is 0 Å². The van der Waals surface area contributed by atoms with Crippen LogP contribution < -0.4 is 31.5 Å². The fourth-order valence-corrected chi connectivity index (χ4v) is 5.20. The molecule has 0 fully saturated rings. The van der Waals surface area contributed by atoms with E-state index >= 15 is 0 Å². The van der Waals surface area contributed by atoms with E-state index in [1.54, 1.807) is 26.1 Å². The van der Waals surface area contributed by atoms with Crippen molar-refractivity contribution in [1.82, 2.24) is 26.6 Å². The Bertz CT molecular complexity index is 1580. The minimum Gasteiger partial charge on any atom is -0.355 e. The number of carbonyl (C=O) groups is 5. The summed E-state index contributed by atoms with van der Waals surface area (Å²) in [5, 5.41) is 14.9. The van der Waals surface area contributed by atoms with E-state index in [0.29, 0.717) is 18.7 Å². The van der Waals surface area contributed by atoms with Crippen LogP contribution in [0, 0.1) is 5.92 Å². The van der Waals surface area contributed by atoms with Crippen molar-refractivity contribution in [1.29, 1.82) is 0 Å². The van der Waals surface area contributed by atoms with E-state index in [-0.39, 0.29) is 53.3 Å². The Morgan fingerprint density at radius 2 is 1.31 bits per heavy atom. The summed E-state index contributed by atoms with van der Waals surface area (Å²) < 4.78 is 0. The lowest BCUT2D eigenvalue weighted by atomic mass is 10.0. The number of carbonyl (C=O) groups excluding carboxylic acids is 5. The molecule has 0 aromatic heterocycles. The minimum absolute atomic E-state index is 0.112. The zero-order valence-electron chi connectivity index (χ0n) is 29.5. The van der Waals surface area contributed by atoms with Gasteiger partial charge in [-0.25, -0.2) is 0 Å². The summed E-state index contributed by atoms with van der Waals surface area (Å²) in [5.74, 6) is -1.78. The van der Waals surface area contributed by atoms with Crippen molar-refractivity contribution >= 4 is 35.2 Å². The molecule has 11 nitrogen and oxygen atoms in total. The fourth-order valence-electron chi connectivity index (χ4n) is 5.20. The predicted molar refractivity (Wildman–Crippen MR) is 192 cm³/mol. The molecule has 5 amide bonds. The fraction of sp³-hybridized carbons (Fsp3) is 0.395. The van der Waals surface area contributed by atoms with Gasteiger partial charge in [-0.3, -0.25) is 24.0 Å². The van der Waals surface area contributed by atoms with Gasteiger partial charge in [-0.05, 0) is 62.4 Å². The molecule has 0 saturated carbocycles. The Balaban J connectivity index is 1.83. The molecule has 0 aliphatic heterocycles. The van der Waals surface area contributed by atoms with Crippen molar-refractivity contribution in [2.24, 2.45) is 5.92 Å². The van der Waals surface area contributed by atoms with Gasteiger partial charge in [-0.2, -0.15) is 0 Å². The van der Waals surface area contributed by atoms with Crippen molar-refractivity contribution in [3.05, 3.63) is 101 Å². The van der Waals surface area contributed by atoms with Crippen LogP contribution in [0.3, 0.4) is 0 Å². The molecule has 49 heavy (non-hydrogen) atoms. The summed E-state index contributed by atoms with van der Waals surface area (Å²) in [6, 6.07) is 21.7. The molecular formula is C38H50N6O5. The molecular weight excluding hydrogens is 620 g/mol. The molecule has 0 saturated heterocycles. The van der Waals surface area contributed by atoms with Gasteiger partial charge in [0, 0.05) is 49.9 Å². The molecule has 0 spiro atoms. The average molecular weight is 671 g/mol. The molecule has 0 bridgehead atoms. The monoisotopic (exact) mass is 670 g/mol. The van der Waals surface area contributed by atoms with Crippen LogP contribution in [-0.2, 0) is 20.8 Å². The maximum Gasteiger partial charge on any atom is 0.251 e. The van der Waals surface area contributed by atoms with Crippen LogP contribution in [0.25, 0.3) is 0 Å². The van der Waals surface area contributed by atoms with Gasteiger partial charge in [0.25, 0.3) is 11.8 Å². The summed E-state index contributed by atoms with van der Waals surface area (Å²) in [4.78, 5) is 66.6. The highest BCUT2D eigenvalue weighted by Crippen LogP contribution is 2.21.